The standard InChI is InChI=1S/C22H20F2N2OS/c23-18-7-3-16(4-8-18)21(17-5-9-19(24)10-6-17)25-11-13-26(14-12-25)22(27)20-2-1-15-28-20/h1-10,15,21H,11-14H2/p+1. The van der Waals surface area contributed by atoms with Gasteiger partial charge in [0, 0.05) is 11.1 Å². The minimum absolute atomic E-state index is 0.0276. The predicted molar refractivity (Wildman–Crippen MR) is 106 cm³/mol. The Morgan fingerprint density at radius 3 is 1.89 bits per heavy atom. The Bertz CT molecular complexity index is 873. The molecular weight excluding hydrogens is 378 g/mol. The van der Waals surface area contributed by atoms with E-state index in [1.165, 1.54) is 40.5 Å². The summed E-state index contributed by atoms with van der Waals surface area (Å²) in [7, 11) is 0. The van der Waals surface area contributed by atoms with Crippen molar-refractivity contribution < 1.29 is 18.5 Å². The van der Waals surface area contributed by atoms with Gasteiger partial charge < -0.3 is 9.80 Å². The number of hydrogen-bond donors (Lipinski definition) is 1. The molecule has 1 N–H and O–H groups in total. The van der Waals surface area contributed by atoms with Crippen LogP contribution in [0, 0.1) is 11.6 Å². The summed E-state index contributed by atoms with van der Waals surface area (Å²) in [5.74, 6) is -0.472. The smallest absolute Gasteiger partial charge is 0.264 e. The van der Waals surface area contributed by atoms with Gasteiger partial charge in [0.1, 0.15) is 17.7 Å². The lowest BCUT2D eigenvalue weighted by molar-refractivity contribution is -0.929. The van der Waals surface area contributed by atoms with E-state index in [4.69, 9.17) is 0 Å². The van der Waals surface area contributed by atoms with Crippen molar-refractivity contribution >= 4 is 17.2 Å². The normalized spacial score (nSPS) is 15.2. The van der Waals surface area contributed by atoms with Crippen LogP contribution in [0.5, 0.6) is 0 Å². The first kappa shape index (κ1) is 18.8. The summed E-state index contributed by atoms with van der Waals surface area (Å²) in [5, 5.41) is 1.91. The van der Waals surface area contributed by atoms with E-state index < -0.39 is 0 Å². The number of amides is 1. The minimum atomic E-state index is -0.275. The molecule has 6 heteroatoms. The van der Waals surface area contributed by atoms with Crippen molar-refractivity contribution in [3.05, 3.63) is 93.7 Å². The molecule has 144 valence electrons. The number of hydrogen-bond acceptors (Lipinski definition) is 2. The summed E-state index contributed by atoms with van der Waals surface area (Å²) < 4.78 is 26.8. The first-order chi connectivity index (χ1) is 13.6. The number of halogens is 2. The Kier molecular flexibility index (Phi) is 5.50. The number of benzene rings is 2. The van der Waals surface area contributed by atoms with E-state index in [0.717, 1.165) is 29.1 Å². The summed E-state index contributed by atoms with van der Waals surface area (Å²) >= 11 is 1.46. The molecule has 2 heterocycles. The van der Waals surface area contributed by atoms with Crippen molar-refractivity contribution in [3.63, 3.8) is 0 Å². The van der Waals surface area contributed by atoms with E-state index >= 15 is 0 Å². The van der Waals surface area contributed by atoms with E-state index in [1.54, 1.807) is 24.3 Å². The second-order valence-electron chi connectivity index (χ2n) is 6.96. The number of quaternary nitrogens is 1. The number of piperazine rings is 1. The number of thiophene rings is 1. The number of carbonyl (C=O) groups is 1. The lowest BCUT2D eigenvalue weighted by Gasteiger charge is -2.37. The lowest BCUT2D eigenvalue weighted by atomic mass is 9.96. The van der Waals surface area contributed by atoms with Gasteiger partial charge >= 0.3 is 0 Å². The average Bonchev–Trinajstić information content (AvgIpc) is 3.26. The van der Waals surface area contributed by atoms with E-state index in [1.807, 2.05) is 22.4 Å². The largest absolute Gasteiger partial charge is 0.327 e. The van der Waals surface area contributed by atoms with Crippen molar-refractivity contribution in [1.29, 1.82) is 0 Å². The molecule has 0 aliphatic carbocycles. The zero-order valence-electron chi connectivity index (χ0n) is 15.3. The molecule has 2 aromatic carbocycles. The number of nitrogens with one attached hydrogen (secondary N) is 1. The van der Waals surface area contributed by atoms with Gasteiger partial charge in [-0.25, -0.2) is 8.78 Å². The van der Waals surface area contributed by atoms with Gasteiger partial charge in [-0.05, 0) is 60.0 Å². The van der Waals surface area contributed by atoms with Crippen LogP contribution in [0.2, 0.25) is 0 Å². The first-order valence-corrected chi connectivity index (χ1v) is 10.2. The Balaban J connectivity index is 1.55. The first-order valence-electron chi connectivity index (χ1n) is 9.30. The van der Waals surface area contributed by atoms with Crippen molar-refractivity contribution in [2.45, 2.75) is 6.04 Å². The maximum atomic E-state index is 13.4. The third-order valence-corrected chi connectivity index (χ3v) is 6.10. The molecule has 28 heavy (non-hydrogen) atoms. The van der Waals surface area contributed by atoms with Gasteiger partial charge in [-0.2, -0.15) is 0 Å². The van der Waals surface area contributed by atoms with Crippen LogP contribution in [0.25, 0.3) is 0 Å². The summed E-state index contributed by atoms with van der Waals surface area (Å²) in [6, 6.07) is 16.7. The molecule has 0 radical (unpaired) electrons. The van der Waals surface area contributed by atoms with Gasteiger partial charge in [0.15, 0.2) is 0 Å². The van der Waals surface area contributed by atoms with E-state index in [2.05, 4.69) is 0 Å². The van der Waals surface area contributed by atoms with E-state index in [0.29, 0.717) is 13.1 Å². The average molecular weight is 399 g/mol. The fraction of sp³-hybridized carbons (Fsp3) is 0.227. The van der Waals surface area contributed by atoms with Crippen molar-refractivity contribution in [2.75, 3.05) is 26.2 Å². The molecule has 3 aromatic rings. The molecule has 4 rings (SSSR count). The van der Waals surface area contributed by atoms with Crippen LogP contribution >= 0.6 is 11.3 Å². The molecule has 1 aromatic heterocycles. The van der Waals surface area contributed by atoms with Crippen LogP contribution in [0.3, 0.4) is 0 Å². The van der Waals surface area contributed by atoms with Crippen LogP contribution in [-0.4, -0.2) is 37.0 Å². The van der Waals surface area contributed by atoms with Crippen LogP contribution in [0.15, 0.2) is 66.0 Å². The Hall–Kier alpha value is -2.57. The molecule has 0 bridgehead atoms. The highest BCUT2D eigenvalue weighted by Crippen LogP contribution is 2.21. The van der Waals surface area contributed by atoms with Crippen LogP contribution in [0.1, 0.15) is 26.8 Å². The zero-order valence-corrected chi connectivity index (χ0v) is 16.1. The van der Waals surface area contributed by atoms with Gasteiger partial charge in [0.2, 0.25) is 0 Å². The molecule has 3 nitrogen and oxygen atoms in total. The summed E-state index contributed by atoms with van der Waals surface area (Å²) in [4.78, 5) is 16.5. The van der Waals surface area contributed by atoms with E-state index in [-0.39, 0.29) is 23.6 Å². The number of nitrogens with zero attached hydrogens (tertiary/aromatic N) is 1. The highest BCUT2D eigenvalue weighted by atomic mass is 32.1. The topological polar surface area (TPSA) is 24.8 Å². The van der Waals surface area contributed by atoms with Gasteiger partial charge in [-0.1, -0.05) is 6.07 Å². The predicted octanol–water partition coefficient (Wildman–Crippen LogP) is 3.16. The van der Waals surface area contributed by atoms with E-state index in [9.17, 15) is 13.6 Å². The Morgan fingerprint density at radius 1 is 0.893 bits per heavy atom. The number of carbonyl (C=O) groups excluding carboxylic acids is 1. The minimum Gasteiger partial charge on any atom is -0.327 e. The van der Waals surface area contributed by atoms with Crippen LogP contribution in [-0.2, 0) is 0 Å². The van der Waals surface area contributed by atoms with Crippen molar-refractivity contribution in [3.8, 4) is 0 Å². The second kappa shape index (κ2) is 8.20. The second-order valence-corrected chi connectivity index (χ2v) is 7.91. The fourth-order valence-electron chi connectivity index (χ4n) is 3.82. The molecule has 0 saturated carbocycles. The maximum Gasteiger partial charge on any atom is 0.264 e. The summed E-state index contributed by atoms with van der Waals surface area (Å²) in [6.07, 6.45) is 0. The highest BCUT2D eigenvalue weighted by molar-refractivity contribution is 7.12. The van der Waals surface area contributed by atoms with Crippen LogP contribution in [0.4, 0.5) is 8.78 Å². The third kappa shape index (κ3) is 3.98. The summed E-state index contributed by atoms with van der Waals surface area (Å²) in [5.41, 5.74) is 1.97. The molecule has 1 fully saturated rings. The quantitative estimate of drug-likeness (QED) is 0.716. The molecule has 1 aliphatic rings. The molecule has 1 amide bonds. The van der Waals surface area contributed by atoms with Crippen molar-refractivity contribution in [1.82, 2.24) is 4.90 Å². The van der Waals surface area contributed by atoms with Gasteiger partial charge in [0.25, 0.3) is 5.91 Å². The van der Waals surface area contributed by atoms with Gasteiger partial charge in [0.05, 0.1) is 31.1 Å². The SMILES string of the molecule is O=C(c1cccs1)N1CC[NH+](C(c2ccc(F)cc2)c2ccc(F)cc2)CC1. The molecule has 1 aliphatic heterocycles. The van der Waals surface area contributed by atoms with Gasteiger partial charge in [-0.3, -0.25) is 4.79 Å². The Labute approximate surface area is 166 Å². The lowest BCUT2D eigenvalue weighted by Crippen LogP contribution is -3.15. The Morgan fingerprint density at radius 2 is 1.43 bits per heavy atom. The summed E-state index contributed by atoms with van der Waals surface area (Å²) in [6.45, 7) is 2.86. The molecule has 0 spiro atoms. The fourth-order valence-corrected chi connectivity index (χ4v) is 4.51. The third-order valence-electron chi connectivity index (χ3n) is 5.24. The van der Waals surface area contributed by atoms with Crippen molar-refractivity contribution in [2.24, 2.45) is 0 Å². The zero-order chi connectivity index (χ0) is 19.5. The molecule has 0 atom stereocenters. The molecular formula is C22H21F2N2OS+. The highest BCUT2D eigenvalue weighted by Gasteiger charge is 2.32. The molecule has 1 saturated heterocycles. The number of rotatable bonds is 4. The van der Waals surface area contributed by atoms with Gasteiger partial charge in [-0.15, -0.1) is 11.3 Å². The maximum absolute atomic E-state index is 13.4. The van der Waals surface area contributed by atoms with Crippen LogP contribution < -0.4 is 4.90 Å². The molecule has 0 unspecified atom stereocenters. The monoisotopic (exact) mass is 399 g/mol.